The molecule has 25 heavy (non-hydrogen) atoms. The maximum atomic E-state index is 13.7. The van der Waals surface area contributed by atoms with E-state index in [-0.39, 0.29) is 38.4 Å². The van der Waals surface area contributed by atoms with Gasteiger partial charge in [-0.15, -0.1) is 0 Å². The molecule has 3 rings (SSSR count). The smallest absolute Gasteiger partial charge is 0.293 e. The van der Waals surface area contributed by atoms with Crippen LogP contribution in [0.25, 0.3) is 6.08 Å². The molecule has 0 saturated carbocycles. The Bertz CT molecular complexity index is 917. The topological polar surface area (TPSA) is 57.6 Å². The van der Waals surface area contributed by atoms with Gasteiger partial charge in [0.15, 0.2) is 0 Å². The maximum Gasteiger partial charge on any atom is 0.293 e. The molecule has 4 nitrogen and oxygen atoms in total. The molecule has 1 heterocycles. The van der Waals surface area contributed by atoms with E-state index in [2.05, 4.69) is 0 Å². The number of hydrogen-bond acceptors (Lipinski definition) is 4. The summed E-state index contributed by atoms with van der Waals surface area (Å²) < 4.78 is 13.7. The first-order valence-electron chi connectivity index (χ1n) is 7.03. The molecule has 1 fully saturated rings. The van der Waals surface area contributed by atoms with Crippen LogP contribution in [0.2, 0.25) is 10.0 Å². The number of phenols is 1. The van der Waals surface area contributed by atoms with Crippen LogP contribution in [0.4, 0.5) is 9.18 Å². The molecule has 0 aliphatic carbocycles. The van der Waals surface area contributed by atoms with Crippen molar-refractivity contribution in [2.24, 2.45) is 0 Å². The average molecular weight is 398 g/mol. The van der Waals surface area contributed by atoms with Crippen LogP contribution in [0.15, 0.2) is 41.3 Å². The Balaban J connectivity index is 1.90. The van der Waals surface area contributed by atoms with E-state index in [4.69, 9.17) is 23.2 Å². The number of phenolic OH excluding ortho intramolecular Hbond substituents is 1. The van der Waals surface area contributed by atoms with E-state index in [0.29, 0.717) is 11.8 Å². The third kappa shape index (κ3) is 3.66. The Kier molecular flexibility index (Phi) is 5.03. The molecule has 0 atom stereocenters. The first-order valence-corrected chi connectivity index (χ1v) is 8.61. The molecule has 8 heteroatoms. The second kappa shape index (κ2) is 7.07. The van der Waals surface area contributed by atoms with Crippen molar-refractivity contribution in [1.82, 2.24) is 4.90 Å². The lowest BCUT2D eigenvalue weighted by Crippen LogP contribution is -2.27. The van der Waals surface area contributed by atoms with Crippen LogP contribution in [-0.4, -0.2) is 21.2 Å². The van der Waals surface area contributed by atoms with E-state index < -0.39 is 17.0 Å². The zero-order chi connectivity index (χ0) is 18.1. The lowest BCUT2D eigenvalue weighted by Gasteiger charge is -2.12. The van der Waals surface area contributed by atoms with Crippen molar-refractivity contribution in [3.05, 3.63) is 68.3 Å². The molecule has 0 aromatic heterocycles. The number of carbonyl (C=O) groups is 2. The molecule has 2 aromatic carbocycles. The van der Waals surface area contributed by atoms with Crippen LogP contribution in [0, 0.1) is 5.82 Å². The van der Waals surface area contributed by atoms with Crippen molar-refractivity contribution < 1.29 is 19.1 Å². The fourth-order valence-corrected chi connectivity index (χ4v) is 3.61. The highest BCUT2D eigenvalue weighted by Gasteiger charge is 2.35. The monoisotopic (exact) mass is 397 g/mol. The fourth-order valence-electron chi connectivity index (χ4n) is 2.27. The first-order chi connectivity index (χ1) is 11.9. The second-order valence-electron chi connectivity index (χ2n) is 5.18. The molecule has 0 unspecified atom stereocenters. The zero-order valence-electron chi connectivity index (χ0n) is 12.5. The minimum absolute atomic E-state index is 0.0318. The van der Waals surface area contributed by atoms with Crippen molar-refractivity contribution >= 4 is 52.2 Å². The molecule has 0 spiro atoms. The van der Waals surface area contributed by atoms with Gasteiger partial charge >= 0.3 is 0 Å². The Morgan fingerprint density at radius 2 is 1.92 bits per heavy atom. The zero-order valence-corrected chi connectivity index (χ0v) is 14.8. The molecule has 2 aromatic rings. The lowest BCUT2D eigenvalue weighted by molar-refractivity contribution is -0.123. The molecule has 2 amide bonds. The van der Waals surface area contributed by atoms with Crippen molar-refractivity contribution in [3.8, 4) is 5.75 Å². The number of carbonyl (C=O) groups excluding carboxylic acids is 2. The van der Waals surface area contributed by atoms with Gasteiger partial charge in [0.25, 0.3) is 11.1 Å². The Morgan fingerprint density at radius 1 is 1.20 bits per heavy atom. The molecule has 1 N–H and O–H groups in total. The van der Waals surface area contributed by atoms with Crippen molar-refractivity contribution in [3.63, 3.8) is 0 Å². The van der Waals surface area contributed by atoms with Crippen LogP contribution in [0.1, 0.15) is 11.1 Å². The second-order valence-corrected chi connectivity index (χ2v) is 7.02. The van der Waals surface area contributed by atoms with Gasteiger partial charge in [0.2, 0.25) is 0 Å². The predicted molar refractivity (Wildman–Crippen MR) is 96.0 cm³/mol. The first kappa shape index (κ1) is 17.8. The Hall–Kier alpha value is -2.02. The maximum absolute atomic E-state index is 13.7. The Labute approximate surface area is 156 Å². The highest BCUT2D eigenvalue weighted by atomic mass is 35.5. The van der Waals surface area contributed by atoms with Gasteiger partial charge in [-0.25, -0.2) is 4.39 Å². The third-order valence-electron chi connectivity index (χ3n) is 3.50. The number of nitrogens with zero attached hydrogens (tertiary/aromatic N) is 1. The van der Waals surface area contributed by atoms with Crippen LogP contribution in [0.3, 0.4) is 0 Å². The van der Waals surface area contributed by atoms with E-state index in [1.807, 2.05) is 0 Å². The van der Waals surface area contributed by atoms with E-state index in [1.165, 1.54) is 36.4 Å². The number of aromatic hydroxyl groups is 1. The van der Waals surface area contributed by atoms with Crippen LogP contribution < -0.4 is 0 Å². The molecule has 128 valence electrons. The van der Waals surface area contributed by atoms with Crippen molar-refractivity contribution in [2.75, 3.05) is 0 Å². The van der Waals surface area contributed by atoms with E-state index in [9.17, 15) is 19.1 Å². The molecule has 0 bridgehead atoms. The summed E-state index contributed by atoms with van der Waals surface area (Å²) in [5.41, 5.74) is 0.452. The predicted octanol–water partition coefficient (Wildman–Crippen LogP) is 5.07. The van der Waals surface area contributed by atoms with Gasteiger partial charge in [0.1, 0.15) is 11.6 Å². The summed E-state index contributed by atoms with van der Waals surface area (Å²) >= 11 is 12.4. The molecular formula is C17H10Cl2FNO3S. The van der Waals surface area contributed by atoms with E-state index in [1.54, 1.807) is 6.07 Å². The summed E-state index contributed by atoms with van der Waals surface area (Å²) in [5.74, 6) is -1.31. The highest BCUT2D eigenvalue weighted by Crippen LogP contribution is 2.37. The summed E-state index contributed by atoms with van der Waals surface area (Å²) in [4.78, 5) is 25.6. The van der Waals surface area contributed by atoms with Gasteiger partial charge in [-0.1, -0.05) is 41.4 Å². The highest BCUT2D eigenvalue weighted by molar-refractivity contribution is 8.18. The van der Waals surface area contributed by atoms with Gasteiger partial charge in [-0.2, -0.15) is 0 Å². The normalized spacial score (nSPS) is 16.1. The molecule has 1 aliphatic rings. The Morgan fingerprint density at radius 3 is 2.64 bits per heavy atom. The summed E-state index contributed by atoms with van der Waals surface area (Å²) in [6.07, 6.45) is 1.33. The summed E-state index contributed by atoms with van der Waals surface area (Å²) in [5, 5.41) is 9.76. The number of benzene rings is 2. The standard InChI is InChI=1S/C17H10Cl2FNO3S/c18-11-5-10(15(22)12(19)7-11)6-14-16(23)21(17(24)25-14)8-9-3-1-2-4-13(9)20/h1-7,22H,8H2/b14-6-. The van der Waals surface area contributed by atoms with Crippen molar-refractivity contribution in [1.29, 1.82) is 0 Å². The van der Waals surface area contributed by atoms with Crippen molar-refractivity contribution in [2.45, 2.75) is 6.54 Å². The molecule has 1 saturated heterocycles. The van der Waals surface area contributed by atoms with Gasteiger partial charge in [0.05, 0.1) is 16.5 Å². The molecular weight excluding hydrogens is 388 g/mol. The van der Waals surface area contributed by atoms with E-state index in [0.717, 1.165) is 4.90 Å². The van der Waals surface area contributed by atoms with Gasteiger partial charge in [-0.05, 0) is 36.0 Å². The average Bonchev–Trinajstić information content (AvgIpc) is 2.81. The number of imide groups is 1. The fraction of sp³-hybridized carbons (Fsp3) is 0.0588. The number of thioether (sulfide) groups is 1. The summed E-state index contributed by atoms with van der Waals surface area (Å²) in [6.45, 7) is -0.170. The van der Waals surface area contributed by atoms with Gasteiger partial charge < -0.3 is 5.11 Å². The van der Waals surface area contributed by atoms with Gasteiger partial charge in [0, 0.05) is 16.1 Å². The van der Waals surface area contributed by atoms with E-state index >= 15 is 0 Å². The summed E-state index contributed by atoms with van der Waals surface area (Å²) in [6, 6.07) is 8.70. The summed E-state index contributed by atoms with van der Waals surface area (Å²) in [7, 11) is 0. The van der Waals surface area contributed by atoms with Crippen LogP contribution in [0.5, 0.6) is 5.75 Å². The minimum Gasteiger partial charge on any atom is -0.506 e. The number of amides is 2. The quantitative estimate of drug-likeness (QED) is 0.734. The number of halogens is 3. The largest absolute Gasteiger partial charge is 0.506 e. The minimum atomic E-state index is -0.575. The SMILES string of the molecule is O=C1S/C(=C\c2cc(Cl)cc(Cl)c2O)C(=O)N1Cc1ccccc1F. The lowest BCUT2D eigenvalue weighted by atomic mass is 10.1. The number of hydrogen-bond donors (Lipinski definition) is 1. The third-order valence-corrected chi connectivity index (χ3v) is 4.92. The number of rotatable bonds is 3. The van der Waals surface area contributed by atoms with Gasteiger partial charge in [-0.3, -0.25) is 14.5 Å². The van der Waals surface area contributed by atoms with Crippen LogP contribution >= 0.6 is 35.0 Å². The van der Waals surface area contributed by atoms with Crippen LogP contribution in [-0.2, 0) is 11.3 Å². The molecule has 1 aliphatic heterocycles. The molecule has 0 radical (unpaired) electrons.